The summed E-state index contributed by atoms with van der Waals surface area (Å²) in [5, 5.41) is 3.25. The third-order valence-electron chi connectivity index (χ3n) is 2.69. The van der Waals surface area contributed by atoms with Gasteiger partial charge in [-0.2, -0.15) is 0 Å². The van der Waals surface area contributed by atoms with Crippen LogP contribution in [0.3, 0.4) is 0 Å². The van der Waals surface area contributed by atoms with Gasteiger partial charge in [-0.15, -0.1) is 0 Å². The molecule has 2 aromatic carbocycles. The molecule has 19 heavy (non-hydrogen) atoms. The van der Waals surface area contributed by atoms with E-state index in [1.54, 1.807) is 6.08 Å². The van der Waals surface area contributed by atoms with E-state index in [1.807, 2.05) is 66.9 Å². The van der Waals surface area contributed by atoms with Crippen LogP contribution in [-0.4, -0.2) is 0 Å². The molecule has 0 saturated heterocycles. The van der Waals surface area contributed by atoms with E-state index < -0.39 is 0 Å². The lowest BCUT2D eigenvalue weighted by atomic mass is 10.1. The van der Waals surface area contributed by atoms with Crippen LogP contribution in [-0.2, 0) is 0 Å². The first-order valence-electron chi connectivity index (χ1n) is 6.26. The molecule has 0 aliphatic heterocycles. The van der Waals surface area contributed by atoms with E-state index in [9.17, 15) is 0 Å². The summed E-state index contributed by atoms with van der Waals surface area (Å²) in [5.41, 5.74) is 3.37. The molecule has 0 radical (unpaired) electrons. The van der Waals surface area contributed by atoms with Crippen molar-refractivity contribution in [2.45, 2.75) is 0 Å². The second-order valence-electron chi connectivity index (χ2n) is 4.07. The molecule has 0 atom stereocenters. The average molecular weight is 247 g/mol. The summed E-state index contributed by atoms with van der Waals surface area (Å²) in [6.07, 6.45) is 7.79. The van der Waals surface area contributed by atoms with Crippen LogP contribution in [0.15, 0.2) is 91.7 Å². The van der Waals surface area contributed by atoms with Crippen LogP contribution < -0.4 is 5.32 Å². The van der Waals surface area contributed by atoms with Crippen molar-refractivity contribution in [3.05, 3.63) is 97.2 Å². The molecule has 1 nitrogen and oxygen atoms in total. The van der Waals surface area contributed by atoms with Crippen molar-refractivity contribution in [1.82, 2.24) is 0 Å². The topological polar surface area (TPSA) is 12.0 Å². The minimum absolute atomic E-state index is 1.07. The first kappa shape index (κ1) is 12.9. The number of para-hydroxylation sites is 1. The molecule has 0 amide bonds. The van der Waals surface area contributed by atoms with Gasteiger partial charge in [0.15, 0.2) is 0 Å². The fraction of sp³-hybridized carbons (Fsp3) is 0. The third kappa shape index (κ3) is 4.00. The van der Waals surface area contributed by atoms with Crippen LogP contribution in [0.25, 0.3) is 5.57 Å². The van der Waals surface area contributed by atoms with Crippen molar-refractivity contribution in [1.29, 1.82) is 0 Å². The van der Waals surface area contributed by atoms with Gasteiger partial charge in [0.2, 0.25) is 0 Å². The summed E-state index contributed by atoms with van der Waals surface area (Å²) in [4.78, 5) is 0. The van der Waals surface area contributed by atoms with Crippen LogP contribution in [0, 0.1) is 0 Å². The molecule has 94 valence electrons. The molecule has 0 spiro atoms. The zero-order chi connectivity index (χ0) is 13.3. The SMILES string of the molecule is C=C/C=C(\C=C/Nc1ccccc1)c1ccccc1. The highest BCUT2D eigenvalue weighted by atomic mass is 14.8. The van der Waals surface area contributed by atoms with Gasteiger partial charge in [0.25, 0.3) is 0 Å². The third-order valence-corrected chi connectivity index (χ3v) is 2.69. The van der Waals surface area contributed by atoms with Crippen LogP contribution in [0.4, 0.5) is 5.69 Å². The lowest BCUT2D eigenvalue weighted by molar-refractivity contribution is 1.57. The van der Waals surface area contributed by atoms with Crippen molar-refractivity contribution < 1.29 is 0 Å². The van der Waals surface area contributed by atoms with E-state index in [2.05, 4.69) is 24.0 Å². The molecule has 2 rings (SSSR count). The van der Waals surface area contributed by atoms with Crippen molar-refractivity contribution in [2.75, 3.05) is 5.32 Å². The molecule has 0 aromatic heterocycles. The molecule has 2 aromatic rings. The number of benzene rings is 2. The van der Waals surface area contributed by atoms with Crippen molar-refractivity contribution in [3.8, 4) is 0 Å². The van der Waals surface area contributed by atoms with Gasteiger partial charge in [0.05, 0.1) is 0 Å². The minimum atomic E-state index is 1.07. The van der Waals surface area contributed by atoms with Crippen LogP contribution in [0.5, 0.6) is 0 Å². The summed E-state index contributed by atoms with van der Waals surface area (Å²) >= 11 is 0. The monoisotopic (exact) mass is 247 g/mol. The first-order chi connectivity index (χ1) is 9.40. The molecule has 1 N–H and O–H groups in total. The molecular formula is C18H17N. The number of rotatable bonds is 5. The summed E-state index contributed by atoms with van der Waals surface area (Å²) in [6.45, 7) is 3.76. The highest BCUT2D eigenvalue weighted by Crippen LogP contribution is 2.16. The summed E-state index contributed by atoms with van der Waals surface area (Å²) in [6, 6.07) is 20.3. The molecule has 0 heterocycles. The largest absolute Gasteiger partial charge is 0.362 e. The Morgan fingerprint density at radius 1 is 0.895 bits per heavy atom. The predicted octanol–water partition coefficient (Wildman–Crippen LogP) is 4.88. The molecular weight excluding hydrogens is 230 g/mol. The van der Waals surface area contributed by atoms with Crippen molar-refractivity contribution in [2.24, 2.45) is 0 Å². The summed E-state index contributed by atoms with van der Waals surface area (Å²) in [5.74, 6) is 0. The number of hydrogen-bond donors (Lipinski definition) is 1. The summed E-state index contributed by atoms with van der Waals surface area (Å²) in [7, 11) is 0. The van der Waals surface area contributed by atoms with E-state index in [4.69, 9.17) is 0 Å². The number of anilines is 1. The maximum Gasteiger partial charge on any atom is 0.0379 e. The van der Waals surface area contributed by atoms with Gasteiger partial charge in [-0.05, 0) is 29.3 Å². The molecule has 0 saturated carbocycles. The van der Waals surface area contributed by atoms with Gasteiger partial charge in [0.1, 0.15) is 0 Å². The minimum Gasteiger partial charge on any atom is -0.362 e. The second-order valence-corrected chi connectivity index (χ2v) is 4.07. The Morgan fingerprint density at radius 2 is 1.53 bits per heavy atom. The fourth-order valence-electron chi connectivity index (χ4n) is 1.77. The van der Waals surface area contributed by atoms with E-state index in [0.717, 1.165) is 11.3 Å². The van der Waals surface area contributed by atoms with Gasteiger partial charge in [-0.1, -0.05) is 67.3 Å². The Kier molecular flexibility index (Phi) is 4.77. The quantitative estimate of drug-likeness (QED) is 0.742. The Bertz CT molecular complexity index is 565. The Hall–Kier alpha value is -2.54. The summed E-state index contributed by atoms with van der Waals surface area (Å²) < 4.78 is 0. The average Bonchev–Trinajstić information content (AvgIpc) is 2.48. The standard InChI is InChI=1S/C18H17N/c1-2-9-16(17-10-5-3-6-11-17)14-15-19-18-12-7-4-8-13-18/h2-15,19H,1H2/b15-14-,16-9+. The second kappa shape index (κ2) is 7.02. The Morgan fingerprint density at radius 3 is 2.16 bits per heavy atom. The van der Waals surface area contributed by atoms with Crippen LogP contribution in [0.1, 0.15) is 5.56 Å². The molecule has 0 unspecified atom stereocenters. The number of hydrogen-bond acceptors (Lipinski definition) is 1. The normalized spacial score (nSPS) is 11.5. The van der Waals surface area contributed by atoms with Gasteiger partial charge < -0.3 is 5.32 Å². The number of allylic oxidation sites excluding steroid dienone is 4. The highest BCUT2D eigenvalue weighted by molar-refractivity contribution is 5.75. The fourth-order valence-corrected chi connectivity index (χ4v) is 1.77. The lowest BCUT2D eigenvalue weighted by Gasteiger charge is -2.03. The van der Waals surface area contributed by atoms with Gasteiger partial charge in [0, 0.05) is 11.9 Å². The van der Waals surface area contributed by atoms with Crippen LogP contribution >= 0.6 is 0 Å². The highest BCUT2D eigenvalue weighted by Gasteiger charge is 1.94. The Balaban J connectivity index is 2.10. The predicted molar refractivity (Wildman–Crippen MR) is 83.8 cm³/mol. The first-order valence-corrected chi connectivity index (χ1v) is 6.26. The molecule has 0 bridgehead atoms. The molecule has 0 fully saturated rings. The maximum absolute atomic E-state index is 3.76. The van der Waals surface area contributed by atoms with Gasteiger partial charge in [-0.25, -0.2) is 0 Å². The van der Waals surface area contributed by atoms with E-state index in [-0.39, 0.29) is 0 Å². The van der Waals surface area contributed by atoms with E-state index in [1.165, 1.54) is 5.56 Å². The lowest BCUT2D eigenvalue weighted by Crippen LogP contribution is -1.87. The van der Waals surface area contributed by atoms with Gasteiger partial charge in [-0.3, -0.25) is 0 Å². The van der Waals surface area contributed by atoms with Gasteiger partial charge >= 0.3 is 0 Å². The molecule has 0 aliphatic rings. The Labute approximate surface area is 114 Å². The zero-order valence-corrected chi connectivity index (χ0v) is 10.8. The maximum atomic E-state index is 3.76. The van der Waals surface area contributed by atoms with Crippen molar-refractivity contribution in [3.63, 3.8) is 0 Å². The smallest absolute Gasteiger partial charge is 0.0379 e. The van der Waals surface area contributed by atoms with Crippen molar-refractivity contribution >= 4 is 11.3 Å². The molecule has 1 heteroatoms. The molecule has 0 aliphatic carbocycles. The van der Waals surface area contributed by atoms with Crippen LogP contribution in [0.2, 0.25) is 0 Å². The number of nitrogens with one attached hydrogen (secondary N) is 1. The zero-order valence-electron chi connectivity index (χ0n) is 10.8. The van der Waals surface area contributed by atoms with E-state index in [0.29, 0.717) is 0 Å². The van der Waals surface area contributed by atoms with E-state index >= 15 is 0 Å².